The number of hydrogen-bond donors (Lipinski definition) is 2. The number of hydrogen-bond acceptors (Lipinski definition) is 10. The number of carbonyl (C=O) groups excluding carboxylic acids is 3. The van der Waals surface area contributed by atoms with Crippen molar-refractivity contribution in [2.45, 2.75) is 315 Å². The summed E-state index contributed by atoms with van der Waals surface area (Å²) in [5.74, 6) is -1.44. The first kappa shape index (κ1) is 68.2. The molecule has 0 fully saturated rings. The van der Waals surface area contributed by atoms with Gasteiger partial charge in [0.2, 0.25) is 0 Å². The molecule has 0 saturated carbocycles. The smallest absolute Gasteiger partial charge is 0.462 e. The average molecular weight is 1020 g/mol. The first-order valence-corrected chi connectivity index (χ1v) is 31.1. The lowest BCUT2D eigenvalue weighted by molar-refractivity contribution is -0.161. The Morgan fingerprint density at radius 1 is 0.386 bits per heavy atom. The summed E-state index contributed by atoms with van der Waals surface area (Å²) in [5, 5.41) is 9.81. The van der Waals surface area contributed by atoms with E-state index in [0.29, 0.717) is 19.3 Å². The van der Waals surface area contributed by atoms with E-state index in [1.807, 2.05) is 0 Å². The molecule has 0 aliphatic heterocycles. The normalized spacial score (nSPS) is 13.4. The maximum absolute atomic E-state index is 12.9. The van der Waals surface area contributed by atoms with Crippen molar-refractivity contribution in [3.05, 3.63) is 12.2 Å². The van der Waals surface area contributed by atoms with Crippen molar-refractivity contribution in [3.8, 4) is 0 Å². The highest BCUT2D eigenvalue weighted by atomic mass is 31.2. The van der Waals surface area contributed by atoms with Gasteiger partial charge in [0.05, 0.1) is 19.8 Å². The molecule has 11 nitrogen and oxygen atoms in total. The second kappa shape index (κ2) is 53.5. The van der Waals surface area contributed by atoms with Crippen LogP contribution in [0.2, 0.25) is 0 Å². The third kappa shape index (κ3) is 51.1. The fourth-order valence-electron chi connectivity index (χ4n) is 8.65. The quantitative estimate of drug-likeness (QED) is 0.0197. The summed E-state index contributed by atoms with van der Waals surface area (Å²) >= 11 is 0. The number of esters is 3. The third-order valence-electron chi connectivity index (χ3n) is 13.2. The highest BCUT2D eigenvalue weighted by Crippen LogP contribution is 2.43. The number of phosphoric acid groups is 1. The molecule has 0 aromatic heterocycles. The van der Waals surface area contributed by atoms with Gasteiger partial charge in [0.15, 0.2) is 6.10 Å². The second-order valence-electron chi connectivity index (χ2n) is 20.2. The van der Waals surface area contributed by atoms with Crippen molar-refractivity contribution in [1.82, 2.24) is 0 Å². The summed E-state index contributed by atoms with van der Waals surface area (Å²) in [7, 11) is -4.74. The van der Waals surface area contributed by atoms with Gasteiger partial charge < -0.3 is 24.2 Å². The number of phosphoric ester groups is 1. The summed E-state index contributed by atoms with van der Waals surface area (Å²) in [6.45, 7) is 4.68. The summed E-state index contributed by atoms with van der Waals surface area (Å²) in [5.41, 5.74) is 0. The monoisotopic (exact) mass is 1010 g/mol. The molecule has 3 atom stereocenters. The van der Waals surface area contributed by atoms with Gasteiger partial charge in [-0.05, 0) is 44.9 Å². The van der Waals surface area contributed by atoms with E-state index in [0.717, 1.165) is 77.0 Å². The van der Waals surface area contributed by atoms with Gasteiger partial charge in [-0.15, -0.1) is 0 Å². The average Bonchev–Trinajstić information content (AvgIpc) is 3.35. The lowest BCUT2D eigenvalue weighted by Crippen LogP contribution is -2.30. The maximum atomic E-state index is 12.9. The van der Waals surface area contributed by atoms with Gasteiger partial charge >= 0.3 is 25.7 Å². The molecule has 0 bridgehead atoms. The summed E-state index contributed by atoms with van der Waals surface area (Å²) < 4.78 is 39.5. The van der Waals surface area contributed by atoms with Gasteiger partial charge in [-0.3, -0.25) is 23.4 Å². The van der Waals surface area contributed by atoms with Crippen LogP contribution < -0.4 is 0 Å². The molecular weight excluding hydrogens is 904 g/mol. The Morgan fingerprint density at radius 3 is 0.986 bits per heavy atom. The summed E-state index contributed by atoms with van der Waals surface area (Å²) in [4.78, 5) is 48.5. The SMILES string of the molecule is CCCCCCCC/C=C\CCCCCCCC(=O)OC(CO)COP(=O)(O)OCC(COC(=O)CCCCCCCCCCCCC)OC(=O)CCCCCCCCCCCCCCCCCCC. The van der Waals surface area contributed by atoms with Gasteiger partial charge in [0, 0.05) is 19.3 Å². The van der Waals surface area contributed by atoms with E-state index in [2.05, 4.69) is 32.9 Å². The van der Waals surface area contributed by atoms with E-state index in [1.54, 1.807) is 0 Å². The number of aliphatic hydroxyl groups is 1. The van der Waals surface area contributed by atoms with Crippen LogP contribution in [0.3, 0.4) is 0 Å². The van der Waals surface area contributed by atoms with Crippen LogP contribution in [0.25, 0.3) is 0 Å². The van der Waals surface area contributed by atoms with Gasteiger partial charge in [-0.25, -0.2) is 4.57 Å². The number of unbranched alkanes of at least 4 members (excludes halogenated alkanes) is 37. The second-order valence-corrected chi connectivity index (χ2v) is 21.6. The third-order valence-corrected chi connectivity index (χ3v) is 14.1. The largest absolute Gasteiger partial charge is 0.472 e. The van der Waals surface area contributed by atoms with Gasteiger partial charge in [-0.2, -0.15) is 0 Å². The van der Waals surface area contributed by atoms with E-state index in [9.17, 15) is 28.9 Å². The fourth-order valence-corrected chi connectivity index (χ4v) is 9.43. The minimum Gasteiger partial charge on any atom is -0.462 e. The Hall–Kier alpha value is -1.78. The fraction of sp³-hybridized carbons (Fsp3) is 0.914. The van der Waals surface area contributed by atoms with Crippen LogP contribution in [0.5, 0.6) is 0 Å². The molecule has 3 unspecified atom stereocenters. The topological polar surface area (TPSA) is 155 Å². The Labute approximate surface area is 430 Å². The van der Waals surface area contributed by atoms with Gasteiger partial charge in [-0.1, -0.05) is 251 Å². The van der Waals surface area contributed by atoms with Crippen LogP contribution in [0, 0.1) is 0 Å². The van der Waals surface area contributed by atoms with Crippen molar-refractivity contribution in [2.24, 2.45) is 0 Å². The van der Waals surface area contributed by atoms with E-state index in [-0.39, 0.29) is 25.9 Å². The first-order valence-electron chi connectivity index (χ1n) is 29.6. The summed E-state index contributed by atoms with van der Waals surface area (Å²) in [6, 6.07) is 0. The molecule has 0 aromatic carbocycles. The van der Waals surface area contributed by atoms with Crippen LogP contribution in [0.1, 0.15) is 303 Å². The molecule has 12 heteroatoms. The highest BCUT2D eigenvalue weighted by Gasteiger charge is 2.28. The Morgan fingerprint density at radius 2 is 0.657 bits per heavy atom. The standard InChI is InChI=1S/C58H111O11P/c1-4-7-10-13-16-19-22-24-26-27-29-31-34-37-40-43-46-49-58(62)69-55(51-65-56(60)47-44-41-38-35-32-21-18-15-12-9-6-3)53-67-70(63,64)66-52-54(50-59)68-57(61)48-45-42-39-36-33-30-28-25-23-20-17-14-11-8-5-2/h25,28,54-55,59H,4-24,26-27,29-53H2,1-3H3,(H,63,64)/b28-25-. The predicted octanol–water partition coefficient (Wildman–Crippen LogP) is 17.3. The number of rotatable bonds is 56. The first-order chi connectivity index (χ1) is 34.2. The van der Waals surface area contributed by atoms with E-state index in [1.165, 1.54) is 167 Å². The molecule has 0 aliphatic rings. The molecule has 0 aromatic rings. The van der Waals surface area contributed by atoms with Crippen molar-refractivity contribution in [2.75, 3.05) is 26.4 Å². The molecule has 0 rings (SSSR count). The van der Waals surface area contributed by atoms with Crippen LogP contribution >= 0.6 is 7.82 Å². The zero-order valence-corrected chi connectivity index (χ0v) is 46.7. The molecule has 0 aliphatic carbocycles. The Balaban J connectivity index is 4.63. The molecule has 70 heavy (non-hydrogen) atoms. The zero-order chi connectivity index (χ0) is 51.3. The molecule has 0 amide bonds. The number of aliphatic hydroxyl groups excluding tert-OH is 1. The van der Waals surface area contributed by atoms with Gasteiger partial charge in [0.1, 0.15) is 12.7 Å². The molecule has 414 valence electrons. The molecule has 2 N–H and O–H groups in total. The van der Waals surface area contributed by atoms with Gasteiger partial charge in [0.25, 0.3) is 0 Å². The Bertz CT molecular complexity index is 1230. The van der Waals surface area contributed by atoms with Crippen LogP contribution in [-0.4, -0.2) is 66.5 Å². The van der Waals surface area contributed by atoms with Crippen molar-refractivity contribution in [3.63, 3.8) is 0 Å². The van der Waals surface area contributed by atoms with E-state index in [4.69, 9.17) is 23.3 Å². The maximum Gasteiger partial charge on any atom is 0.472 e. The van der Waals surface area contributed by atoms with Crippen molar-refractivity contribution in [1.29, 1.82) is 0 Å². The molecular formula is C58H111O11P. The number of ether oxygens (including phenoxy) is 3. The highest BCUT2D eigenvalue weighted by molar-refractivity contribution is 7.47. The molecule has 0 spiro atoms. The number of allylic oxidation sites excluding steroid dienone is 2. The zero-order valence-electron chi connectivity index (χ0n) is 45.8. The van der Waals surface area contributed by atoms with Crippen LogP contribution in [0.15, 0.2) is 12.2 Å². The molecule has 0 saturated heterocycles. The minimum absolute atomic E-state index is 0.173. The van der Waals surface area contributed by atoms with Crippen molar-refractivity contribution < 1.29 is 52.2 Å². The van der Waals surface area contributed by atoms with Crippen LogP contribution in [-0.2, 0) is 42.2 Å². The molecule has 0 heterocycles. The molecule has 0 radical (unpaired) electrons. The lowest BCUT2D eigenvalue weighted by Gasteiger charge is -2.21. The van der Waals surface area contributed by atoms with E-state index >= 15 is 0 Å². The van der Waals surface area contributed by atoms with E-state index < -0.39 is 57.8 Å². The van der Waals surface area contributed by atoms with Crippen molar-refractivity contribution >= 4 is 25.7 Å². The number of carbonyl (C=O) groups is 3. The predicted molar refractivity (Wildman–Crippen MR) is 289 cm³/mol. The Kier molecular flexibility index (Phi) is 52.1. The summed E-state index contributed by atoms with van der Waals surface area (Å²) in [6.07, 6.45) is 51.7. The van der Waals surface area contributed by atoms with Crippen LogP contribution in [0.4, 0.5) is 0 Å². The minimum atomic E-state index is -4.74. The lowest BCUT2D eigenvalue weighted by atomic mass is 10.0.